The number of aromatic hydroxyl groups is 1. The van der Waals surface area contributed by atoms with Gasteiger partial charge in [-0.2, -0.15) is 13.2 Å². The van der Waals surface area contributed by atoms with Crippen LogP contribution in [0.1, 0.15) is 34.1 Å². The van der Waals surface area contributed by atoms with Crippen LogP contribution in [0.4, 0.5) is 17.6 Å². The zero-order chi connectivity index (χ0) is 32.4. The van der Waals surface area contributed by atoms with Crippen molar-refractivity contribution in [3.05, 3.63) is 102 Å². The number of hydrogen-bond donors (Lipinski definition) is 2. The average molecular weight is 619 g/mol. The van der Waals surface area contributed by atoms with Gasteiger partial charge in [0, 0.05) is 25.3 Å². The van der Waals surface area contributed by atoms with Crippen molar-refractivity contribution in [2.45, 2.75) is 38.1 Å². The van der Waals surface area contributed by atoms with E-state index in [1.54, 1.807) is 25.1 Å². The van der Waals surface area contributed by atoms with Crippen molar-refractivity contribution in [1.82, 2.24) is 10.3 Å². The molecule has 0 aliphatic carbocycles. The molecule has 4 atom stereocenters. The Labute approximate surface area is 252 Å². The second-order valence-electron chi connectivity index (χ2n) is 10.1. The fourth-order valence-electron chi connectivity index (χ4n) is 4.75. The van der Waals surface area contributed by atoms with Gasteiger partial charge in [-0.1, -0.05) is 30.3 Å². The lowest BCUT2D eigenvalue weighted by Gasteiger charge is -2.31. The predicted octanol–water partition coefficient (Wildman–Crippen LogP) is 5.53. The molecule has 44 heavy (non-hydrogen) atoms. The average Bonchev–Trinajstić information content (AvgIpc) is 2.99. The van der Waals surface area contributed by atoms with Crippen LogP contribution >= 0.6 is 0 Å². The molecule has 12 heteroatoms. The summed E-state index contributed by atoms with van der Waals surface area (Å²) in [6.45, 7) is 5.30. The number of methoxy groups -OCH3 is 2. The summed E-state index contributed by atoms with van der Waals surface area (Å²) >= 11 is 0. The number of hydrogen-bond acceptors (Lipinski definition) is 7. The lowest BCUT2D eigenvalue weighted by Crippen LogP contribution is -2.47. The molecule has 0 radical (unpaired) electrons. The number of allylic oxidation sites excluding steroid dienone is 1. The van der Waals surface area contributed by atoms with Crippen molar-refractivity contribution in [3.63, 3.8) is 0 Å². The first-order valence-electron chi connectivity index (χ1n) is 13.6. The van der Waals surface area contributed by atoms with E-state index >= 15 is 0 Å². The monoisotopic (exact) mass is 618 g/mol. The molecule has 0 fully saturated rings. The number of halogens is 4. The number of esters is 1. The van der Waals surface area contributed by atoms with Crippen LogP contribution in [-0.2, 0) is 33.3 Å². The molecule has 236 valence electrons. The Morgan fingerprint density at radius 2 is 1.64 bits per heavy atom. The number of nitrogens with zero attached hydrogens (tertiary/aromatic N) is 1. The van der Waals surface area contributed by atoms with Crippen LogP contribution in [0, 0.1) is 17.7 Å². The van der Waals surface area contributed by atoms with Crippen LogP contribution in [-0.4, -0.2) is 54.9 Å². The maximum absolute atomic E-state index is 13.6. The first kappa shape index (κ1) is 34.0. The summed E-state index contributed by atoms with van der Waals surface area (Å²) in [6.07, 6.45) is -1.78. The summed E-state index contributed by atoms with van der Waals surface area (Å²) in [5, 5.41) is 12.8. The number of aromatic nitrogens is 1. The third-order valence-corrected chi connectivity index (χ3v) is 7.14. The minimum absolute atomic E-state index is 0.0109. The van der Waals surface area contributed by atoms with Crippen molar-refractivity contribution >= 4 is 11.9 Å². The van der Waals surface area contributed by atoms with Gasteiger partial charge < -0.3 is 24.6 Å². The van der Waals surface area contributed by atoms with Gasteiger partial charge in [0.05, 0.1) is 19.3 Å². The number of carbonyl (C=O) groups is 2. The molecule has 0 bridgehead atoms. The Morgan fingerprint density at radius 1 is 1.02 bits per heavy atom. The van der Waals surface area contributed by atoms with Gasteiger partial charge in [0.15, 0.2) is 23.2 Å². The third-order valence-electron chi connectivity index (χ3n) is 7.14. The van der Waals surface area contributed by atoms with Crippen LogP contribution in [0.2, 0.25) is 0 Å². The maximum atomic E-state index is 13.6. The number of benzene rings is 2. The number of rotatable bonds is 14. The van der Waals surface area contributed by atoms with E-state index in [2.05, 4.69) is 16.9 Å². The summed E-state index contributed by atoms with van der Waals surface area (Å²) in [5.41, 5.74) is 0.203. The lowest BCUT2D eigenvalue weighted by atomic mass is 9.79. The Morgan fingerprint density at radius 3 is 2.20 bits per heavy atom. The van der Waals surface area contributed by atoms with Gasteiger partial charge in [-0.15, -0.1) is 6.58 Å². The minimum atomic E-state index is -4.47. The molecule has 2 N–H and O–H groups in total. The number of carbonyl (C=O) groups excluding carboxylic acids is 2. The smallest absolute Gasteiger partial charge is 0.416 e. The molecule has 1 amide bonds. The first-order valence-corrected chi connectivity index (χ1v) is 13.6. The van der Waals surface area contributed by atoms with Crippen LogP contribution in [0.15, 0.2) is 73.4 Å². The highest BCUT2D eigenvalue weighted by molar-refractivity contribution is 5.98. The molecule has 2 aromatic carbocycles. The molecule has 0 unspecified atom stereocenters. The quantitative estimate of drug-likeness (QED) is 0.139. The minimum Gasteiger partial charge on any atom is -0.503 e. The fourth-order valence-corrected chi connectivity index (χ4v) is 4.75. The van der Waals surface area contributed by atoms with Crippen LogP contribution in [0.5, 0.6) is 11.5 Å². The van der Waals surface area contributed by atoms with Crippen molar-refractivity contribution < 1.29 is 46.5 Å². The van der Waals surface area contributed by atoms with E-state index in [1.165, 1.54) is 50.7 Å². The molecule has 0 spiro atoms. The van der Waals surface area contributed by atoms with Gasteiger partial charge >= 0.3 is 12.1 Å². The van der Waals surface area contributed by atoms with Crippen molar-refractivity contribution in [1.29, 1.82) is 0 Å². The molecule has 0 saturated heterocycles. The van der Waals surface area contributed by atoms with E-state index < -0.39 is 53.2 Å². The van der Waals surface area contributed by atoms with Crippen molar-refractivity contribution in [2.24, 2.45) is 11.8 Å². The largest absolute Gasteiger partial charge is 0.503 e. The van der Waals surface area contributed by atoms with Gasteiger partial charge in [-0.3, -0.25) is 4.79 Å². The van der Waals surface area contributed by atoms with E-state index in [0.29, 0.717) is 12.0 Å². The number of ether oxygens (including phenoxy) is 3. The Bertz CT molecular complexity index is 1410. The second-order valence-corrected chi connectivity index (χ2v) is 10.1. The second kappa shape index (κ2) is 15.3. The van der Waals surface area contributed by atoms with Crippen molar-refractivity contribution in [3.8, 4) is 11.5 Å². The summed E-state index contributed by atoms with van der Waals surface area (Å²) in [7, 11) is 2.63. The highest BCUT2D eigenvalue weighted by atomic mass is 19.4. The predicted molar refractivity (Wildman–Crippen MR) is 154 cm³/mol. The zero-order valence-electron chi connectivity index (χ0n) is 24.4. The summed E-state index contributed by atoms with van der Waals surface area (Å²) in [4.78, 5) is 30.1. The van der Waals surface area contributed by atoms with Gasteiger partial charge in [0.2, 0.25) is 0 Å². The molecule has 0 saturated carbocycles. The highest BCUT2D eigenvalue weighted by Crippen LogP contribution is 2.32. The molecule has 3 rings (SSSR count). The Kier molecular flexibility index (Phi) is 11.9. The first-order chi connectivity index (χ1) is 20.9. The van der Waals surface area contributed by atoms with E-state index in [0.717, 1.165) is 17.7 Å². The zero-order valence-corrected chi connectivity index (χ0v) is 24.4. The molecule has 3 aromatic rings. The normalized spacial score (nSPS) is 14.2. The fraction of sp³-hybridized carbons (Fsp3) is 0.344. The van der Waals surface area contributed by atoms with Crippen LogP contribution < -0.4 is 10.1 Å². The standard InChI is InChI=1S/C32H34F4N2O6/c1-5-22(16-20-6-10-23(11-7-20)32(34,35)36)25(17-21-8-12-24(33)13-9-21)19(2)44-31(41)26(18-42-3)38-30(40)28-29(39)27(43-4)14-15-37-28/h5-15,19,22,25-26,39H,1,16-18H2,2-4H3,(H,38,40)/t19-,22+,25-,26-/m0/s1. The van der Waals surface area contributed by atoms with Crippen LogP contribution in [0.3, 0.4) is 0 Å². The van der Waals surface area contributed by atoms with Gasteiger partial charge in [0.25, 0.3) is 5.91 Å². The van der Waals surface area contributed by atoms with Gasteiger partial charge in [-0.25, -0.2) is 14.2 Å². The number of alkyl halides is 3. The third kappa shape index (κ3) is 9.03. The van der Waals surface area contributed by atoms with Gasteiger partial charge in [-0.05, 0) is 61.1 Å². The summed E-state index contributed by atoms with van der Waals surface area (Å²) < 4.78 is 68.7. The topological polar surface area (TPSA) is 107 Å². The van der Waals surface area contributed by atoms with Crippen molar-refractivity contribution in [2.75, 3.05) is 20.8 Å². The molecule has 1 aromatic heterocycles. The Hall–Kier alpha value is -4.45. The molecule has 8 nitrogen and oxygen atoms in total. The van der Waals surface area contributed by atoms with E-state index in [1.807, 2.05) is 0 Å². The van der Waals surface area contributed by atoms with Crippen LogP contribution in [0.25, 0.3) is 0 Å². The molecule has 0 aliphatic rings. The molecular weight excluding hydrogens is 584 g/mol. The molecule has 1 heterocycles. The highest BCUT2D eigenvalue weighted by Gasteiger charge is 2.33. The van der Waals surface area contributed by atoms with Gasteiger partial charge in [0.1, 0.15) is 11.9 Å². The Balaban J connectivity index is 1.83. The summed E-state index contributed by atoms with van der Waals surface area (Å²) in [6, 6.07) is 10.6. The lowest BCUT2D eigenvalue weighted by molar-refractivity contribution is -0.155. The number of nitrogens with one attached hydrogen (secondary N) is 1. The van der Waals surface area contributed by atoms with E-state index in [9.17, 15) is 32.3 Å². The SMILES string of the molecule is C=C[C@H](Cc1ccc(C(F)(F)F)cc1)[C@@H](Cc1ccc(F)cc1)[C@H](C)OC(=O)[C@H](COC)NC(=O)c1nccc(OC)c1O. The molecular formula is C32H34F4N2O6. The maximum Gasteiger partial charge on any atom is 0.416 e. The number of pyridine rings is 1. The summed E-state index contributed by atoms with van der Waals surface area (Å²) in [5.74, 6) is -3.47. The molecule has 0 aliphatic heterocycles. The van der Waals surface area contributed by atoms with E-state index in [4.69, 9.17) is 14.2 Å². The van der Waals surface area contributed by atoms with E-state index in [-0.39, 0.29) is 30.4 Å². The number of amides is 1.